The van der Waals surface area contributed by atoms with Gasteiger partial charge in [0, 0.05) is 29.6 Å². The zero-order valence-electron chi connectivity index (χ0n) is 7.81. The van der Waals surface area contributed by atoms with Crippen molar-refractivity contribution < 1.29 is 40.2 Å². The van der Waals surface area contributed by atoms with Crippen molar-refractivity contribution in [2.45, 2.75) is 24.4 Å². The smallest absolute Gasteiger partial charge is 0.335 e. The Hall–Kier alpha value is -0.220. The number of aliphatic hydroxyl groups excluding tert-OH is 4. The summed E-state index contributed by atoms with van der Waals surface area (Å²) in [6.45, 7) is 0. The molecule has 1 radical (unpaired) electrons. The van der Waals surface area contributed by atoms with E-state index >= 15 is 0 Å². The molecule has 0 spiro atoms. The Morgan fingerprint density at radius 3 is 1.07 bits per heavy atom. The van der Waals surface area contributed by atoms with Crippen molar-refractivity contribution in [3.05, 3.63) is 0 Å². The van der Waals surface area contributed by atoms with E-state index in [9.17, 15) is 9.59 Å². The number of rotatable bonds is 5. The molecule has 0 aromatic rings. The van der Waals surface area contributed by atoms with Gasteiger partial charge in [0.2, 0.25) is 0 Å². The maximum Gasteiger partial charge on any atom is 0.335 e. The summed E-state index contributed by atoms with van der Waals surface area (Å²) in [4.78, 5) is 20.2. The summed E-state index contributed by atoms with van der Waals surface area (Å²) >= 11 is 0. The Bertz CT molecular complexity index is 207. The van der Waals surface area contributed by atoms with Gasteiger partial charge in [-0.25, -0.2) is 9.59 Å². The number of carboxylic acid groups (broad SMARTS) is 2. The molecule has 0 rings (SSSR count). The van der Waals surface area contributed by atoms with Crippen LogP contribution in [0.15, 0.2) is 0 Å². The monoisotopic (exact) mass is 233 g/mol. The maximum atomic E-state index is 10.1. The normalized spacial score (nSPS) is 18.1. The van der Waals surface area contributed by atoms with Gasteiger partial charge in [-0.15, -0.1) is 0 Å². The molecule has 8 nitrogen and oxygen atoms in total. The molecule has 15 heavy (non-hydrogen) atoms. The van der Waals surface area contributed by atoms with Crippen molar-refractivity contribution >= 4 is 41.5 Å². The van der Waals surface area contributed by atoms with Gasteiger partial charge < -0.3 is 30.6 Å². The minimum atomic E-state index is -2.36. The summed E-state index contributed by atoms with van der Waals surface area (Å²) in [5, 5.41) is 51.5. The number of hydrogen-bond acceptors (Lipinski definition) is 6. The molecule has 83 valence electrons. The van der Waals surface area contributed by atoms with E-state index in [1.54, 1.807) is 0 Å². The van der Waals surface area contributed by atoms with Crippen LogP contribution in [0.3, 0.4) is 0 Å². The van der Waals surface area contributed by atoms with Crippen LogP contribution in [0.4, 0.5) is 0 Å². The molecule has 9 heteroatoms. The molecular weight excluding hydrogens is 223 g/mol. The molecule has 0 aliphatic heterocycles. The van der Waals surface area contributed by atoms with E-state index in [2.05, 4.69) is 0 Å². The van der Waals surface area contributed by atoms with E-state index in [0.717, 1.165) is 0 Å². The average molecular weight is 233 g/mol. The van der Waals surface area contributed by atoms with Gasteiger partial charge in [0.05, 0.1) is 0 Å². The third kappa shape index (κ3) is 4.89. The van der Waals surface area contributed by atoms with E-state index in [4.69, 9.17) is 30.6 Å². The number of aliphatic hydroxyl groups is 4. The Kier molecular flexibility index (Phi) is 8.16. The first-order chi connectivity index (χ1) is 6.29. The molecule has 0 aromatic carbocycles. The molecule has 0 amide bonds. The second kappa shape index (κ2) is 7.12. The van der Waals surface area contributed by atoms with Crippen LogP contribution in [-0.2, 0) is 9.59 Å². The van der Waals surface area contributed by atoms with Crippen molar-refractivity contribution in [1.29, 1.82) is 0 Å². The van der Waals surface area contributed by atoms with Crippen molar-refractivity contribution in [2.24, 2.45) is 0 Å². The van der Waals surface area contributed by atoms with Crippen LogP contribution in [0.25, 0.3) is 0 Å². The van der Waals surface area contributed by atoms with E-state index < -0.39 is 36.4 Å². The third-order valence-corrected chi connectivity index (χ3v) is 1.50. The minimum absolute atomic E-state index is 0. The predicted molar refractivity (Wildman–Crippen MR) is 45.1 cm³/mol. The summed E-state index contributed by atoms with van der Waals surface area (Å²) in [7, 11) is 0. The molecule has 0 fully saturated rings. The van der Waals surface area contributed by atoms with Crippen LogP contribution < -0.4 is 0 Å². The van der Waals surface area contributed by atoms with Gasteiger partial charge in [0.25, 0.3) is 0 Å². The number of hydrogen-bond donors (Lipinski definition) is 6. The molecule has 0 saturated carbocycles. The van der Waals surface area contributed by atoms with Gasteiger partial charge in [0.1, 0.15) is 12.2 Å². The molecule has 0 unspecified atom stereocenters. The molecule has 6 N–H and O–H groups in total. The molecule has 0 aliphatic rings. The van der Waals surface area contributed by atoms with Crippen LogP contribution >= 0.6 is 0 Å². The second-order valence-electron chi connectivity index (χ2n) is 2.55. The SMILES string of the molecule is O=C(O)[C@@H](O)[C@H](O)[C@H](O)[C@@H](O)C(=O)O.[Na]. The van der Waals surface area contributed by atoms with Crippen molar-refractivity contribution in [2.75, 3.05) is 0 Å². The third-order valence-electron chi connectivity index (χ3n) is 1.50. The van der Waals surface area contributed by atoms with Gasteiger partial charge in [0.15, 0.2) is 12.2 Å². The fourth-order valence-electron chi connectivity index (χ4n) is 0.666. The summed E-state index contributed by atoms with van der Waals surface area (Å²) < 4.78 is 0. The van der Waals surface area contributed by atoms with Gasteiger partial charge in [-0.2, -0.15) is 0 Å². The largest absolute Gasteiger partial charge is 0.479 e. The fourth-order valence-corrected chi connectivity index (χ4v) is 0.666. The standard InChI is InChI=1S/C6H10O8.Na/c7-1(3(9)5(11)12)2(8)4(10)6(13)14;/h1-4,7-10H,(H,11,12)(H,13,14);/t1-,2+,3+,4-;. The Labute approximate surface area is 106 Å². The molecule has 0 aromatic heterocycles. The quantitative estimate of drug-likeness (QED) is 0.264. The zero-order chi connectivity index (χ0) is 11.5. The van der Waals surface area contributed by atoms with Crippen molar-refractivity contribution in [3.8, 4) is 0 Å². The second-order valence-corrected chi connectivity index (χ2v) is 2.55. The van der Waals surface area contributed by atoms with Crippen molar-refractivity contribution in [3.63, 3.8) is 0 Å². The van der Waals surface area contributed by atoms with E-state index in [0.29, 0.717) is 0 Å². The molecule has 0 heterocycles. The Balaban J connectivity index is 0. The first-order valence-electron chi connectivity index (χ1n) is 3.47. The number of carbonyl (C=O) groups is 2. The number of carboxylic acids is 2. The van der Waals surface area contributed by atoms with E-state index in [1.165, 1.54) is 0 Å². The average Bonchev–Trinajstić information content (AvgIpc) is 2.12. The minimum Gasteiger partial charge on any atom is -0.479 e. The molecule has 0 aliphatic carbocycles. The van der Waals surface area contributed by atoms with Crippen LogP contribution in [0.2, 0.25) is 0 Å². The molecule has 0 bridgehead atoms. The molecule has 0 saturated heterocycles. The van der Waals surface area contributed by atoms with Crippen LogP contribution in [0.5, 0.6) is 0 Å². The number of aliphatic carboxylic acids is 2. The molecule has 4 atom stereocenters. The van der Waals surface area contributed by atoms with E-state index in [1.807, 2.05) is 0 Å². The predicted octanol–water partition coefficient (Wildman–Crippen LogP) is -3.78. The summed E-state index contributed by atoms with van der Waals surface area (Å²) in [5.41, 5.74) is 0. The van der Waals surface area contributed by atoms with Gasteiger partial charge in [-0.05, 0) is 0 Å². The Morgan fingerprint density at radius 2 is 0.933 bits per heavy atom. The zero-order valence-corrected chi connectivity index (χ0v) is 9.81. The van der Waals surface area contributed by atoms with Crippen molar-refractivity contribution in [1.82, 2.24) is 0 Å². The van der Waals surface area contributed by atoms with Gasteiger partial charge >= 0.3 is 11.9 Å². The first-order valence-corrected chi connectivity index (χ1v) is 3.47. The summed E-state index contributed by atoms with van der Waals surface area (Å²) in [6, 6.07) is 0. The summed E-state index contributed by atoms with van der Waals surface area (Å²) in [6.07, 6.45) is -9.28. The first kappa shape index (κ1) is 17.2. The summed E-state index contributed by atoms with van der Waals surface area (Å²) in [5.74, 6) is -3.68. The van der Waals surface area contributed by atoms with Gasteiger partial charge in [-0.3, -0.25) is 0 Å². The topological polar surface area (TPSA) is 156 Å². The van der Waals surface area contributed by atoms with Crippen LogP contribution in [-0.4, -0.2) is 96.6 Å². The molecular formula is C6H10NaO8. The fraction of sp³-hybridized carbons (Fsp3) is 0.667. The maximum absolute atomic E-state index is 10.1. The van der Waals surface area contributed by atoms with Crippen LogP contribution in [0.1, 0.15) is 0 Å². The van der Waals surface area contributed by atoms with Gasteiger partial charge in [-0.1, -0.05) is 0 Å². The Morgan fingerprint density at radius 1 is 0.733 bits per heavy atom. The van der Waals surface area contributed by atoms with Crippen LogP contribution in [0, 0.1) is 0 Å². The van der Waals surface area contributed by atoms with E-state index in [-0.39, 0.29) is 29.6 Å².